The zero-order valence-electron chi connectivity index (χ0n) is 11.0. The molecular weight excluding hydrogens is 344 g/mol. The first-order valence-electron chi connectivity index (χ1n) is 5.82. The van der Waals surface area contributed by atoms with Crippen molar-refractivity contribution in [2.24, 2.45) is 0 Å². The molecule has 1 aromatic heterocycles. The summed E-state index contributed by atoms with van der Waals surface area (Å²) in [6.07, 6.45) is 0. The largest absolute Gasteiger partial charge is 0.494 e. The molecule has 0 bridgehead atoms. The second kappa shape index (κ2) is 6.23. The number of hydrogen-bond acceptors (Lipinski definition) is 5. The molecule has 0 aliphatic carbocycles. The number of nitrogens with one attached hydrogen (secondary N) is 1. The second-order valence-electron chi connectivity index (χ2n) is 4.11. The van der Waals surface area contributed by atoms with E-state index >= 15 is 0 Å². The van der Waals surface area contributed by atoms with Crippen molar-refractivity contribution in [2.75, 3.05) is 12.4 Å². The first kappa shape index (κ1) is 14.8. The molecule has 20 heavy (non-hydrogen) atoms. The maximum absolute atomic E-state index is 10.7. The van der Waals surface area contributed by atoms with Gasteiger partial charge in [0, 0.05) is 26.8 Å². The molecule has 2 rings (SSSR count). The van der Waals surface area contributed by atoms with Crippen LogP contribution in [0.2, 0.25) is 0 Å². The summed E-state index contributed by atoms with van der Waals surface area (Å²) in [6.45, 7) is 2.69. The standard InChI is InChI=1S/C13H13BrN2O3S/c1-8-11(14)6-10(20-8)7-15-12-4-3-9(16(17)18)5-13(12)19-2/h3-6,15H,7H2,1-2H3. The van der Waals surface area contributed by atoms with Crippen molar-refractivity contribution in [3.05, 3.63) is 48.6 Å². The second-order valence-corrected chi connectivity index (χ2v) is 6.31. The van der Waals surface area contributed by atoms with Gasteiger partial charge in [0.15, 0.2) is 0 Å². The molecule has 2 aromatic rings. The fourth-order valence-electron chi connectivity index (χ4n) is 1.73. The lowest BCUT2D eigenvalue weighted by molar-refractivity contribution is -0.384. The van der Waals surface area contributed by atoms with Crippen LogP contribution in [-0.2, 0) is 6.54 Å². The molecular formula is C13H13BrN2O3S. The van der Waals surface area contributed by atoms with Crippen molar-refractivity contribution < 1.29 is 9.66 Å². The van der Waals surface area contributed by atoms with Crippen molar-refractivity contribution in [1.29, 1.82) is 0 Å². The Balaban J connectivity index is 2.14. The van der Waals surface area contributed by atoms with Gasteiger partial charge in [0.05, 0.1) is 23.8 Å². The zero-order valence-corrected chi connectivity index (χ0v) is 13.4. The van der Waals surface area contributed by atoms with Gasteiger partial charge in [0.1, 0.15) is 5.75 Å². The fraction of sp³-hybridized carbons (Fsp3) is 0.231. The minimum Gasteiger partial charge on any atom is -0.494 e. The maximum atomic E-state index is 10.7. The maximum Gasteiger partial charge on any atom is 0.273 e. The highest BCUT2D eigenvalue weighted by Crippen LogP contribution is 2.31. The van der Waals surface area contributed by atoms with Crippen LogP contribution in [0, 0.1) is 17.0 Å². The molecule has 0 spiro atoms. The summed E-state index contributed by atoms with van der Waals surface area (Å²) >= 11 is 5.18. The number of benzene rings is 1. The third-order valence-corrected chi connectivity index (χ3v) is 4.89. The molecule has 0 saturated heterocycles. The van der Waals surface area contributed by atoms with E-state index in [1.54, 1.807) is 17.4 Å². The molecule has 1 aromatic carbocycles. The number of ether oxygens (including phenoxy) is 1. The third-order valence-electron chi connectivity index (χ3n) is 2.76. The lowest BCUT2D eigenvalue weighted by Crippen LogP contribution is -2.00. The van der Waals surface area contributed by atoms with Crippen LogP contribution in [0.15, 0.2) is 28.7 Å². The van der Waals surface area contributed by atoms with Crippen LogP contribution < -0.4 is 10.1 Å². The average molecular weight is 357 g/mol. The van der Waals surface area contributed by atoms with E-state index in [0.29, 0.717) is 12.3 Å². The van der Waals surface area contributed by atoms with Crippen LogP contribution in [0.5, 0.6) is 5.75 Å². The van der Waals surface area contributed by atoms with Gasteiger partial charge in [-0.05, 0) is 35.0 Å². The van der Waals surface area contributed by atoms with Gasteiger partial charge in [-0.2, -0.15) is 0 Å². The van der Waals surface area contributed by atoms with Crippen LogP contribution in [0.25, 0.3) is 0 Å². The summed E-state index contributed by atoms with van der Waals surface area (Å²) in [5.74, 6) is 0.464. The molecule has 1 heterocycles. The molecule has 0 radical (unpaired) electrons. The highest BCUT2D eigenvalue weighted by molar-refractivity contribution is 9.10. The van der Waals surface area contributed by atoms with Crippen LogP contribution in [0.3, 0.4) is 0 Å². The van der Waals surface area contributed by atoms with Gasteiger partial charge in [-0.25, -0.2) is 0 Å². The van der Waals surface area contributed by atoms with Crippen molar-refractivity contribution in [1.82, 2.24) is 0 Å². The molecule has 0 atom stereocenters. The summed E-state index contributed by atoms with van der Waals surface area (Å²) in [5.41, 5.74) is 0.752. The van der Waals surface area contributed by atoms with Crippen LogP contribution in [0.1, 0.15) is 9.75 Å². The Morgan fingerprint density at radius 1 is 1.45 bits per heavy atom. The molecule has 0 amide bonds. The number of hydrogen-bond donors (Lipinski definition) is 1. The van der Waals surface area contributed by atoms with Crippen LogP contribution >= 0.6 is 27.3 Å². The van der Waals surface area contributed by atoms with Gasteiger partial charge >= 0.3 is 0 Å². The van der Waals surface area contributed by atoms with Crippen molar-refractivity contribution in [2.45, 2.75) is 13.5 Å². The predicted octanol–water partition coefficient (Wildman–Crippen LogP) is 4.35. The minimum absolute atomic E-state index is 0.0158. The number of thiophene rings is 1. The molecule has 0 saturated carbocycles. The third kappa shape index (κ3) is 3.29. The van der Waals surface area contributed by atoms with E-state index in [0.717, 1.165) is 10.2 Å². The summed E-state index contributed by atoms with van der Waals surface area (Å²) in [4.78, 5) is 12.7. The van der Waals surface area contributed by atoms with E-state index in [-0.39, 0.29) is 5.69 Å². The number of nitro benzene ring substituents is 1. The van der Waals surface area contributed by atoms with Gasteiger partial charge in [-0.3, -0.25) is 10.1 Å². The minimum atomic E-state index is -0.438. The van der Waals surface area contributed by atoms with Crippen LogP contribution in [-0.4, -0.2) is 12.0 Å². The van der Waals surface area contributed by atoms with Gasteiger partial charge in [0.2, 0.25) is 0 Å². The number of nitro groups is 1. The molecule has 0 fully saturated rings. The average Bonchev–Trinajstić information content (AvgIpc) is 2.75. The molecule has 0 aliphatic heterocycles. The molecule has 1 N–H and O–H groups in total. The van der Waals surface area contributed by atoms with Gasteiger partial charge in [-0.15, -0.1) is 11.3 Å². The van der Waals surface area contributed by atoms with Crippen molar-refractivity contribution >= 4 is 38.6 Å². The quantitative estimate of drug-likeness (QED) is 0.638. The summed E-state index contributed by atoms with van der Waals surface area (Å²) in [5, 5.41) is 14.0. The number of non-ortho nitro benzene ring substituents is 1. The lowest BCUT2D eigenvalue weighted by Gasteiger charge is -2.10. The van der Waals surface area contributed by atoms with E-state index in [4.69, 9.17) is 4.74 Å². The summed E-state index contributed by atoms with van der Waals surface area (Å²) < 4.78 is 6.27. The monoisotopic (exact) mass is 356 g/mol. The summed E-state index contributed by atoms with van der Waals surface area (Å²) in [7, 11) is 1.50. The van der Waals surface area contributed by atoms with E-state index in [1.165, 1.54) is 29.0 Å². The highest BCUT2D eigenvalue weighted by atomic mass is 79.9. The Morgan fingerprint density at radius 3 is 2.75 bits per heavy atom. The molecule has 0 unspecified atom stereocenters. The Bertz CT molecular complexity index is 623. The number of nitrogens with zero attached hydrogens (tertiary/aromatic N) is 1. The first-order chi connectivity index (χ1) is 9.51. The number of halogens is 1. The number of rotatable bonds is 5. The fourth-order valence-corrected chi connectivity index (χ4v) is 3.27. The van der Waals surface area contributed by atoms with E-state index in [9.17, 15) is 10.1 Å². The predicted molar refractivity (Wildman–Crippen MR) is 83.7 cm³/mol. The molecule has 5 nitrogen and oxygen atoms in total. The topological polar surface area (TPSA) is 64.4 Å². The lowest BCUT2D eigenvalue weighted by atomic mass is 10.2. The van der Waals surface area contributed by atoms with Gasteiger partial charge < -0.3 is 10.1 Å². The molecule has 7 heteroatoms. The van der Waals surface area contributed by atoms with Gasteiger partial charge in [0.25, 0.3) is 5.69 Å². The van der Waals surface area contributed by atoms with E-state index in [1.807, 2.05) is 6.92 Å². The zero-order chi connectivity index (χ0) is 14.7. The Kier molecular flexibility index (Phi) is 4.61. The normalized spacial score (nSPS) is 10.3. The Hall–Kier alpha value is -1.60. The van der Waals surface area contributed by atoms with Crippen molar-refractivity contribution in [3.8, 4) is 5.75 Å². The van der Waals surface area contributed by atoms with Gasteiger partial charge in [-0.1, -0.05) is 0 Å². The van der Waals surface area contributed by atoms with Crippen molar-refractivity contribution in [3.63, 3.8) is 0 Å². The number of anilines is 1. The number of methoxy groups -OCH3 is 1. The molecule has 0 aliphatic rings. The number of aryl methyl sites for hydroxylation is 1. The van der Waals surface area contributed by atoms with E-state index in [2.05, 4.69) is 27.3 Å². The highest BCUT2D eigenvalue weighted by Gasteiger charge is 2.11. The Labute approximate surface area is 128 Å². The Morgan fingerprint density at radius 2 is 2.20 bits per heavy atom. The van der Waals surface area contributed by atoms with Crippen LogP contribution in [0.4, 0.5) is 11.4 Å². The SMILES string of the molecule is COc1cc([N+](=O)[O-])ccc1NCc1cc(Br)c(C)s1. The molecule has 106 valence electrons. The summed E-state index contributed by atoms with van der Waals surface area (Å²) in [6, 6.07) is 6.59. The first-order valence-corrected chi connectivity index (χ1v) is 7.43. The van der Waals surface area contributed by atoms with E-state index < -0.39 is 4.92 Å². The smallest absolute Gasteiger partial charge is 0.273 e.